The number of aromatic nitrogens is 1. The zero-order valence-corrected chi connectivity index (χ0v) is 16.7. The van der Waals surface area contributed by atoms with Crippen LogP contribution in [0.1, 0.15) is 5.56 Å². The Hall–Kier alpha value is -2.34. The van der Waals surface area contributed by atoms with Gasteiger partial charge in [-0.3, -0.25) is 9.88 Å². The summed E-state index contributed by atoms with van der Waals surface area (Å²) in [6, 6.07) is 15.3. The Morgan fingerprint density at radius 3 is 2.57 bits per heavy atom. The number of pyridine rings is 1. The highest BCUT2D eigenvalue weighted by molar-refractivity contribution is 6.42. The van der Waals surface area contributed by atoms with Crippen molar-refractivity contribution >= 4 is 45.8 Å². The first-order chi connectivity index (χ1) is 13.6. The van der Waals surface area contributed by atoms with Crippen LogP contribution in [-0.4, -0.2) is 47.0 Å². The van der Waals surface area contributed by atoms with Gasteiger partial charge in [0.05, 0.1) is 15.6 Å². The van der Waals surface area contributed by atoms with Crippen molar-refractivity contribution in [3.8, 4) is 0 Å². The SMILES string of the molecule is O=C(Nc1ccc(Cl)c(Cl)c1)N1CCN(Cc2cccc3cccnc23)CC1. The van der Waals surface area contributed by atoms with Gasteiger partial charge in [0.15, 0.2) is 0 Å². The lowest BCUT2D eigenvalue weighted by atomic mass is 10.1. The second-order valence-electron chi connectivity index (χ2n) is 6.81. The molecule has 4 rings (SSSR count). The van der Waals surface area contributed by atoms with Crippen LogP contribution < -0.4 is 5.32 Å². The number of hydrogen-bond donors (Lipinski definition) is 1. The molecule has 2 heterocycles. The van der Waals surface area contributed by atoms with Gasteiger partial charge in [-0.2, -0.15) is 0 Å². The standard InChI is InChI=1S/C21H20Cl2N4O/c22-18-7-6-17(13-19(18)23)25-21(28)27-11-9-26(10-12-27)14-16-4-1-3-15-5-2-8-24-20(15)16/h1-8,13H,9-12,14H2,(H,25,28). The number of nitrogens with one attached hydrogen (secondary N) is 1. The molecule has 0 saturated carbocycles. The molecular weight excluding hydrogens is 395 g/mol. The average Bonchev–Trinajstić information content (AvgIpc) is 2.71. The normalized spacial score (nSPS) is 15.0. The van der Waals surface area contributed by atoms with E-state index in [1.54, 1.807) is 18.2 Å². The Bertz CT molecular complexity index is 997. The summed E-state index contributed by atoms with van der Waals surface area (Å²) in [5.41, 5.74) is 2.90. The summed E-state index contributed by atoms with van der Waals surface area (Å²) in [6.07, 6.45) is 1.83. The minimum absolute atomic E-state index is 0.120. The zero-order valence-electron chi connectivity index (χ0n) is 15.2. The van der Waals surface area contributed by atoms with E-state index in [0.717, 1.165) is 30.5 Å². The summed E-state index contributed by atoms with van der Waals surface area (Å²) in [4.78, 5) is 21.2. The highest BCUT2D eigenvalue weighted by Crippen LogP contribution is 2.25. The third kappa shape index (κ3) is 4.22. The van der Waals surface area contributed by atoms with Crippen molar-refractivity contribution in [2.75, 3.05) is 31.5 Å². The minimum atomic E-state index is -0.120. The van der Waals surface area contributed by atoms with Crippen LogP contribution in [0.5, 0.6) is 0 Å². The van der Waals surface area contributed by atoms with Crippen molar-refractivity contribution in [1.29, 1.82) is 0 Å². The number of hydrogen-bond acceptors (Lipinski definition) is 3. The van der Waals surface area contributed by atoms with E-state index in [9.17, 15) is 4.79 Å². The summed E-state index contributed by atoms with van der Waals surface area (Å²) in [5, 5.41) is 4.93. The number of fused-ring (bicyclic) bond motifs is 1. The van der Waals surface area contributed by atoms with Gasteiger partial charge >= 0.3 is 6.03 Å². The lowest BCUT2D eigenvalue weighted by Crippen LogP contribution is -2.49. The van der Waals surface area contributed by atoms with Crippen LogP contribution in [-0.2, 0) is 6.54 Å². The Morgan fingerprint density at radius 1 is 1.00 bits per heavy atom. The summed E-state index contributed by atoms with van der Waals surface area (Å²) in [6.45, 7) is 3.81. The molecule has 2 aromatic carbocycles. The van der Waals surface area contributed by atoms with Gasteiger partial charge in [-0.1, -0.05) is 47.5 Å². The molecule has 1 aromatic heterocycles. The fraction of sp³-hybridized carbons (Fsp3) is 0.238. The third-order valence-corrected chi connectivity index (χ3v) is 5.68. The van der Waals surface area contributed by atoms with E-state index in [2.05, 4.69) is 39.5 Å². The van der Waals surface area contributed by atoms with E-state index < -0.39 is 0 Å². The van der Waals surface area contributed by atoms with Crippen LogP contribution in [0.15, 0.2) is 54.7 Å². The molecule has 5 nitrogen and oxygen atoms in total. The quantitative estimate of drug-likeness (QED) is 0.663. The first kappa shape index (κ1) is 19.0. The maximum atomic E-state index is 12.5. The Kier molecular flexibility index (Phi) is 5.67. The molecule has 3 aromatic rings. The molecule has 0 atom stereocenters. The molecular formula is C21H20Cl2N4O. The Balaban J connectivity index is 1.35. The fourth-order valence-electron chi connectivity index (χ4n) is 3.42. The predicted molar refractivity (Wildman–Crippen MR) is 114 cm³/mol. The van der Waals surface area contributed by atoms with Gasteiger partial charge in [0.25, 0.3) is 0 Å². The van der Waals surface area contributed by atoms with E-state index in [1.165, 1.54) is 5.56 Å². The number of carbonyl (C=O) groups is 1. The summed E-state index contributed by atoms with van der Waals surface area (Å²) >= 11 is 11.9. The lowest BCUT2D eigenvalue weighted by molar-refractivity contribution is 0.143. The Labute approximate surface area is 173 Å². The molecule has 1 fully saturated rings. The number of rotatable bonds is 3. The smallest absolute Gasteiger partial charge is 0.321 e. The third-order valence-electron chi connectivity index (χ3n) is 4.94. The van der Waals surface area contributed by atoms with Gasteiger partial charge in [-0.25, -0.2) is 4.79 Å². The predicted octanol–water partition coefficient (Wildman–Crippen LogP) is 4.89. The van der Waals surface area contributed by atoms with Crippen LogP contribution >= 0.6 is 23.2 Å². The molecule has 2 amide bonds. The summed E-state index contributed by atoms with van der Waals surface area (Å²) in [5.74, 6) is 0. The zero-order chi connectivity index (χ0) is 19.5. The van der Waals surface area contributed by atoms with Crippen molar-refractivity contribution in [3.63, 3.8) is 0 Å². The first-order valence-corrected chi connectivity index (χ1v) is 9.92. The monoisotopic (exact) mass is 414 g/mol. The number of halogens is 2. The fourth-order valence-corrected chi connectivity index (χ4v) is 3.72. The number of anilines is 1. The molecule has 1 aliphatic heterocycles. The molecule has 1 aliphatic rings. The van der Waals surface area contributed by atoms with E-state index >= 15 is 0 Å². The summed E-state index contributed by atoms with van der Waals surface area (Å²) < 4.78 is 0. The van der Waals surface area contributed by atoms with Crippen molar-refractivity contribution in [3.05, 3.63) is 70.3 Å². The second kappa shape index (κ2) is 8.35. The Morgan fingerprint density at radius 2 is 1.79 bits per heavy atom. The van der Waals surface area contributed by atoms with E-state index in [1.807, 2.05) is 17.2 Å². The first-order valence-electron chi connectivity index (χ1n) is 9.16. The molecule has 0 aliphatic carbocycles. The van der Waals surface area contributed by atoms with Gasteiger partial charge in [0.2, 0.25) is 0 Å². The number of urea groups is 1. The van der Waals surface area contributed by atoms with Gasteiger partial charge in [0.1, 0.15) is 0 Å². The molecule has 1 N–H and O–H groups in total. The van der Waals surface area contributed by atoms with Crippen LogP contribution in [0.3, 0.4) is 0 Å². The minimum Gasteiger partial charge on any atom is -0.322 e. The number of carbonyl (C=O) groups excluding carboxylic acids is 1. The van der Waals surface area contributed by atoms with Crippen LogP contribution in [0.25, 0.3) is 10.9 Å². The van der Waals surface area contributed by atoms with Gasteiger partial charge in [-0.05, 0) is 29.8 Å². The molecule has 0 bridgehead atoms. The molecule has 0 spiro atoms. The van der Waals surface area contributed by atoms with Crippen LogP contribution in [0.2, 0.25) is 10.0 Å². The largest absolute Gasteiger partial charge is 0.322 e. The molecule has 144 valence electrons. The molecule has 7 heteroatoms. The van der Waals surface area contributed by atoms with E-state index in [4.69, 9.17) is 23.2 Å². The van der Waals surface area contributed by atoms with E-state index in [0.29, 0.717) is 28.8 Å². The molecule has 0 radical (unpaired) electrons. The molecule has 1 saturated heterocycles. The van der Waals surface area contributed by atoms with Crippen LogP contribution in [0, 0.1) is 0 Å². The number of nitrogens with zero attached hydrogens (tertiary/aromatic N) is 3. The highest BCUT2D eigenvalue weighted by Gasteiger charge is 2.22. The van der Waals surface area contributed by atoms with E-state index in [-0.39, 0.29) is 6.03 Å². The number of amides is 2. The van der Waals surface area contributed by atoms with Crippen molar-refractivity contribution in [2.24, 2.45) is 0 Å². The maximum absolute atomic E-state index is 12.5. The summed E-state index contributed by atoms with van der Waals surface area (Å²) in [7, 11) is 0. The maximum Gasteiger partial charge on any atom is 0.321 e. The van der Waals surface area contributed by atoms with Gasteiger partial charge in [-0.15, -0.1) is 0 Å². The van der Waals surface area contributed by atoms with Crippen LogP contribution in [0.4, 0.5) is 10.5 Å². The molecule has 0 unspecified atom stereocenters. The van der Waals surface area contributed by atoms with Gasteiger partial charge < -0.3 is 10.2 Å². The lowest BCUT2D eigenvalue weighted by Gasteiger charge is -2.34. The molecule has 28 heavy (non-hydrogen) atoms. The van der Waals surface area contributed by atoms with Crippen molar-refractivity contribution in [1.82, 2.24) is 14.8 Å². The second-order valence-corrected chi connectivity index (χ2v) is 7.63. The topological polar surface area (TPSA) is 48.5 Å². The van der Waals surface area contributed by atoms with Gasteiger partial charge in [0, 0.05) is 50.0 Å². The van der Waals surface area contributed by atoms with Crippen molar-refractivity contribution in [2.45, 2.75) is 6.54 Å². The van der Waals surface area contributed by atoms with Crippen molar-refractivity contribution < 1.29 is 4.79 Å². The highest BCUT2D eigenvalue weighted by atomic mass is 35.5. The average molecular weight is 415 g/mol. The number of piperazine rings is 1. The number of benzene rings is 2. The number of para-hydroxylation sites is 1.